The topological polar surface area (TPSA) is 76.0 Å². The van der Waals surface area contributed by atoms with Gasteiger partial charge < -0.3 is 15.6 Å². The Kier molecular flexibility index (Phi) is 7.81. The second-order valence-electron chi connectivity index (χ2n) is 6.38. The highest BCUT2D eigenvalue weighted by Crippen LogP contribution is 2.19. The second kappa shape index (κ2) is 10.1. The lowest BCUT2D eigenvalue weighted by molar-refractivity contribution is 0.604. The standard InChI is InChI=1S/C21H22FN5.HI/c1-14-3-5-18-16(12-26-20(18)9-14)7-8-25-21(24-2)27-13-17-10-15(11-23)4-6-19(17)22;/h3-6,9-10,12,26H,7-8,13H2,1-2H3,(H2,24,25,27);1H. The van der Waals surface area contributed by atoms with Gasteiger partial charge in [0.1, 0.15) is 5.82 Å². The number of guanidine groups is 1. The molecule has 7 heteroatoms. The molecule has 3 rings (SSSR count). The molecule has 28 heavy (non-hydrogen) atoms. The van der Waals surface area contributed by atoms with Gasteiger partial charge in [0.25, 0.3) is 0 Å². The third-order valence-corrected chi connectivity index (χ3v) is 4.45. The van der Waals surface area contributed by atoms with E-state index in [1.54, 1.807) is 13.1 Å². The summed E-state index contributed by atoms with van der Waals surface area (Å²) in [6, 6.07) is 12.7. The number of H-pyrrole nitrogens is 1. The maximum Gasteiger partial charge on any atom is 0.191 e. The van der Waals surface area contributed by atoms with E-state index in [-0.39, 0.29) is 36.3 Å². The maximum atomic E-state index is 13.9. The van der Waals surface area contributed by atoms with E-state index in [4.69, 9.17) is 5.26 Å². The molecule has 0 unspecified atom stereocenters. The van der Waals surface area contributed by atoms with Crippen molar-refractivity contribution in [2.75, 3.05) is 13.6 Å². The van der Waals surface area contributed by atoms with Crippen LogP contribution in [0.25, 0.3) is 10.9 Å². The van der Waals surface area contributed by atoms with Gasteiger partial charge in [-0.3, -0.25) is 4.99 Å². The van der Waals surface area contributed by atoms with Crippen molar-refractivity contribution < 1.29 is 4.39 Å². The van der Waals surface area contributed by atoms with E-state index < -0.39 is 0 Å². The Morgan fingerprint density at radius 2 is 2.00 bits per heavy atom. The number of fused-ring (bicyclic) bond motifs is 1. The lowest BCUT2D eigenvalue weighted by Crippen LogP contribution is -2.38. The summed E-state index contributed by atoms with van der Waals surface area (Å²) in [6.07, 6.45) is 2.87. The van der Waals surface area contributed by atoms with Gasteiger partial charge in [-0.25, -0.2) is 4.39 Å². The number of aryl methyl sites for hydroxylation is 1. The molecule has 0 aliphatic carbocycles. The molecule has 0 fully saturated rings. The zero-order valence-electron chi connectivity index (χ0n) is 15.8. The third-order valence-electron chi connectivity index (χ3n) is 4.45. The fourth-order valence-electron chi connectivity index (χ4n) is 3.00. The van der Waals surface area contributed by atoms with Crippen LogP contribution in [0.5, 0.6) is 0 Å². The quantitative estimate of drug-likeness (QED) is 0.287. The first-order chi connectivity index (χ1) is 13.1. The average Bonchev–Trinajstić information content (AvgIpc) is 3.07. The normalized spacial score (nSPS) is 11.0. The van der Waals surface area contributed by atoms with Gasteiger partial charge in [0, 0.05) is 42.8 Å². The molecule has 1 aromatic heterocycles. The average molecular weight is 491 g/mol. The zero-order chi connectivity index (χ0) is 19.2. The Balaban J connectivity index is 0.00000280. The van der Waals surface area contributed by atoms with Crippen molar-refractivity contribution >= 4 is 40.8 Å². The molecule has 0 aliphatic rings. The molecule has 0 saturated carbocycles. The summed E-state index contributed by atoms with van der Waals surface area (Å²) in [6.45, 7) is 3.03. The molecule has 0 spiro atoms. The number of halogens is 2. The van der Waals surface area contributed by atoms with Gasteiger partial charge in [0.2, 0.25) is 0 Å². The maximum absolute atomic E-state index is 13.9. The highest BCUT2D eigenvalue weighted by atomic mass is 127. The van der Waals surface area contributed by atoms with Crippen molar-refractivity contribution in [1.82, 2.24) is 15.6 Å². The molecule has 5 nitrogen and oxygen atoms in total. The predicted molar refractivity (Wildman–Crippen MR) is 121 cm³/mol. The summed E-state index contributed by atoms with van der Waals surface area (Å²) >= 11 is 0. The summed E-state index contributed by atoms with van der Waals surface area (Å²) in [4.78, 5) is 7.47. The van der Waals surface area contributed by atoms with E-state index >= 15 is 0 Å². The van der Waals surface area contributed by atoms with Gasteiger partial charge >= 0.3 is 0 Å². The summed E-state index contributed by atoms with van der Waals surface area (Å²) in [7, 11) is 1.67. The number of benzene rings is 2. The Labute approximate surface area is 181 Å². The Hall–Kier alpha value is -2.60. The van der Waals surface area contributed by atoms with Crippen LogP contribution in [0.2, 0.25) is 0 Å². The van der Waals surface area contributed by atoms with Gasteiger partial charge in [-0.05, 0) is 48.7 Å². The first-order valence-corrected chi connectivity index (χ1v) is 8.80. The molecule has 0 bridgehead atoms. The smallest absolute Gasteiger partial charge is 0.191 e. The molecule has 3 aromatic rings. The Morgan fingerprint density at radius 1 is 1.18 bits per heavy atom. The number of rotatable bonds is 5. The van der Waals surface area contributed by atoms with Crippen LogP contribution in [0.15, 0.2) is 47.6 Å². The van der Waals surface area contributed by atoms with Gasteiger partial charge in [-0.2, -0.15) is 5.26 Å². The van der Waals surface area contributed by atoms with Crippen molar-refractivity contribution in [3.8, 4) is 6.07 Å². The Morgan fingerprint density at radius 3 is 2.75 bits per heavy atom. The van der Waals surface area contributed by atoms with Crippen LogP contribution in [0.4, 0.5) is 4.39 Å². The third kappa shape index (κ3) is 5.23. The SMILES string of the molecule is CN=C(NCCc1c[nH]c2cc(C)ccc12)NCc1cc(C#N)ccc1F.I. The number of hydrogen-bond donors (Lipinski definition) is 3. The summed E-state index contributed by atoms with van der Waals surface area (Å²) in [5, 5.41) is 16.5. The number of nitriles is 1. The number of aromatic nitrogens is 1. The van der Waals surface area contributed by atoms with E-state index in [1.807, 2.05) is 12.3 Å². The molecular weight excluding hydrogens is 468 g/mol. The Bertz CT molecular complexity index is 1020. The minimum absolute atomic E-state index is 0. The largest absolute Gasteiger partial charge is 0.361 e. The van der Waals surface area contributed by atoms with Crippen LogP contribution in [0.3, 0.4) is 0 Å². The molecule has 0 aliphatic heterocycles. The van der Waals surface area contributed by atoms with Crippen LogP contribution in [0, 0.1) is 24.1 Å². The lowest BCUT2D eigenvalue weighted by Gasteiger charge is -2.12. The van der Waals surface area contributed by atoms with Gasteiger partial charge in [-0.1, -0.05) is 12.1 Å². The summed E-state index contributed by atoms with van der Waals surface area (Å²) in [5.41, 5.74) is 4.47. The minimum Gasteiger partial charge on any atom is -0.361 e. The van der Waals surface area contributed by atoms with Gasteiger partial charge in [-0.15, -0.1) is 24.0 Å². The molecule has 3 N–H and O–H groups in total. The summed E-state index contributed by atoms with van der Waals surface area (Å²) in [5.74, 6) is 0.249. The number of hydrogen-bond acceptors (Lipinski definition) is 2. The molecule has 1 heterocycles. The van der Waals surface area contributed by atoms with Crippen LogP contribution in [-0.2, 0) is 13.0 Å². The van der Waals surface area contributed by atoms with Crippen molar-refractivity contribution in [2.24, 2.45) is 4.99 Å². The monoisotopic (exact) mass is 491 g/mol. The van der Waals surface area contributed by atoms with E-state index in [9.17, 15) is 4.39 Å². The second-order valence-corrected chi connectivity index (χ2v) is 6.38. The van der Waals surface area contributed by atoms with Crippen LogP contribution < -0.4 is 10.6 Å². The van der Waals surface area contributed by atoms with Crippen molar-refractivity contribution in [3.05, 3.63) is 70.7 Å². The van der Waals surface area contributed by atoms with Crippen LogP contribution in [-0.4, -0.2) is 24.5 Å². The first kappa shape index (κ1) is 21.7. The molecule has 0 amide bonds. The van der Waals surface area contributed by atoms with E-state index in [0.29, 0.717) is 23.6 Å². The molecule has 2 aromatic carbocycles. The number of aliphatic imine (C=N–C) groups is 1. The highest BCUT2D eigenvalue weighted by molar-refractivity contribution is 14.0. The van der Waals surface area contributed by atoms with Crippen molar-refractivity contribution in [3.63, 3.8) is 0 Å². The fraction of sp³-hybridized carbons (Fsp3) is 0.238. The number of nitrogens with one attached hydrogen (secondary N) is 3. The lowest BCUT2D eigenvalue weighted by atomic mass is 10.1. The van der Waals surface area contributed by atoms with Gasteiger partial charge in [0.15, 0.2) is 5.96 Å². The zero-order valence-corrected chi connectivity index (χ0v) is 18.2. The first-order valence-electron chi connectivity index (χ1n) is 8.80. The number of aromatic amines is 1. The van der Waals surface area contributed by atoms with Crippen LogP contribution in [0.1, 0.15) is 22.3 Å². The van der Waals surface area contributed by atoms with Gasteiger partial charge in [0.05, 0.1) is 11.6 Å². The van der Waals surface area contributed by atoms with E-state index in [0.717, 1.165) is 11.9 Å². The fourth-order valence-corrected chi connectivity index (χ4v) is 3.00. The van der Waals surface area contributed by atoms with E-state index in [2.05, 4.69) is 45.7 Å². The molecule has 146 valence electrons. The molecule has 0 saturated heterocycles. The highest BCUT2D eigenvalue weighted by Gasteiger charge is 2.07. The van der Waals surface area contributed by atoms with Crippen LogP contribution >= 0.6 is 24.0 Å². The van der Waals surface area contributed by atoms with Crippen molar-refractivity contribution in [2.45, 2.75) is 19.9 Å². The molecule has 0 radical (unpaired) electrons. The predicted octanol–water partition coefficient (Wildman–Crippen LogP) is 4.01. The summed E-state index contributed by atoms with van der Waals surface area (Å²) < 4.78 is 13.9. The number of nitrogens with zero attached hydrogens (tertiary/aromatic N) is 2. The van der Waals surface area contributed by atoms with E-state index in [1.165, 1.54) is 28.6 Å². The van der Waals surface area contributed by atoms with Crippen molar-refractivity contribution in [1.29, 1.82) is 5.26 Å². The molecular formula is C21H23FIN5. The minimum atomic E-state index is -0.342. The molecule has 0 atom stereocenters.